The molecule has 112 valence electrons. The number of rotatable bonds is 4. The number of nitrogens with one attached hydrogen (secondary N) is 1. The summed E-state index contributed by atoms with van der Waals surface area (Å²) in [5.41, 5.74) is 2.21. The highest BCUT2D eigenvalue weighted by Crippen LogP contribution is 2.32. The Morgan fingerprint density at radius 2 is 1.85 bits per heavy atom. The van der Waals surface area contributed by atoms with Crippen LogP contribution in [-0.4, -0.2) is 45.4 Å². The van der Waals surface area contributed by atoms with Gasteiger partial charge in [-0.05, 0) is 19.1 Å². The fraction of sp³-hybridized carbons (Fsp3) is 0.571. The molecule has 3 nitrogen and oxygen atoms in total. The Labute approximate surface area is 117 Å². The molecule has 0 saturated carbocycles. The van der Waals surface area contributed by atoms with Crippen molar-refractivity contribution in [3.8, 4) is 0 Å². The Morgan fingerprint density at radius 3 is 2.50 bits per heavy atom. The number of alkyl halides is 3. The molecular formula is C14H20F3N3. The summed E-state index contributed by atoms with van der Waals surface area (Å²) in [6, 6.07) is 8.02. The van der Waals surface area contributed by atoms with E-state index in [4.69, 9.17) is 0 Å². The average molecular weight is 287 g/mol. The first-order valence-corrected chi connectivity index (χ1v) is 6.73. The van der Waals surface area contributed by atoms with Crippen LogP contribution in [0.3, 0.4) is 0 Å². The monoisotopic (exact) mass is 287 g/mol. The van der Waals surface area contributed by atoms with Gasteiger partial charge in [0, 0.05) is 32.7 Å². The van der Waals surface area contributed by atoms with Crippen LogP contribution in [0.25, 0.3) is 0 Å². The summed E-state index contributed by atoms with van der Waals surface area (Å²) in [6.07, 6.45) is -4.15. The minimum atomic E-state index is -4.15. The van der Waals surface area contributed by atoms with Gasteiger partial charge in [0.05, 0.1) is 17.9 Å². The van der Waals surface area contributed by atoms with E-state index < -0.39 is 12.7 Å². The summed E-state index contributed by atoms with van der Waals surface area (Å²) < 4.78 is 36.5. The van der Waals surface area contributed by atoms with E-state index in [0.717, 1.165) is 24.5 Å². The van der Waals surface area contributed by atoms with Gasteiger partial charge >= 0.3 is 6.18 Å². The zero-order chi connectivity index (χ0) is 14.8. The largest absolute Gasteiger partial charge is 0.401 e. The molecule has 1 unspecified atom stereocenters. The third-order valence-corrected chi connectivity index (χ3v) is 3.58. The molecule has 1 aromatic carbocycles. The predicted molar refractivity (Wildman–Crippen MR) is 75.4 cm³/mol. The highest BCUT2D eigenvalue weighted by molar-refractivity contribution is 5.73. The minimum absolute atomic E-state index is 0.0206. The van der Waals surface area contributed by atoms with Crippen molar-refractivity contribution in [1.29, 1.82) is 0 Å². The summed E-state index contributed by atoms with van der Waals surface area (Å²) in [5.74, 6) is 0. The van der Waals surface area contributed by atoms with Crippen LogP contribution in [0.1, 0.15) is 6.92 Å². The average Bonchev–Trinajstić information content (AvgIpc) is 2.38. The molecule has 0 saturated heterocycles. The second-order valence-corrected chi connectivity index (χ2v) is 5.20. The second-order valence-electron chi connectivity index (χ2n) is 5.20. The molecule has 0 radical (unpaired) electrons. The molecule has 1 aromatic rings. The Hall–Kier alpha value is -1.43. The molecule has 1 atom stereocenters. The van der Waals surface area contributed by atoms with Gasteiger partial charge in [0.2, 0.25) is 0 Å². The predicted octanol–water partition coefficient (Wildman–Crippen LogP) is 2.48. The Bertz CT molecular complexity index is 448. The normalized spacial score (nSPS) is 17.1. The van der Waals surface area contributed by atoms with Gasteiger partial charge in [-0.1, -0.05) is 12.1 Å². The van der Waals surface area contributed by atoms with Crippen molar-refractivity contribution in [1.82, 2.24) is 5.32 Å². The summed E-state index contributed by atoms with van der Waals surface area (Å²) in [5, 5.41) is 2.48. The SMILES string of the molecule is CC(CNCC(F)(F)F)N1CCN(C)c2ccccc21. The Balaban J connectivity index is 2.01. The molecule has 0 spiro atoms. The number of benzene rings is 1. The van der Waals surface area contributed by atoms with Gasteiger partial charge in [-0.15, -0.1) is 0 Å². The molecule has 1 N–H and O–H groups in total. The first-order valence-electron chi connectivity index (χ1n) is 6.73. The van der Waals surface area contributed by atoms with E-state index in [9.17, 15) is 13.2 Å². The van der Waals surface area contributed by atoms with Crippen LogP contribution in [0.5, 0.6) is 0 Å². The third kappa shape index (κ3) is 3.56. The molecule has 0 aliphatic carbocycles. The van der Waals surface area contributed by atoms with Crippen molar-refractivity contribution in [2.75, 3.05) is 43.0 Å². The third-order valence-electron chi connectivity index (χ3n) is 3.58. The number of para-hydroxylation sites is 2. The van der Waals surface area contributed by atoms with Crippen molar-refractivity contribution in [3.63, 3.8) is 0 Å². The number of hydrogen-bond acceptors (Lipinski definition) is 3. The van der Waals surface area contributed by atoms with Gasteiger partial charge in [-0.2, -0.15) is 13.2 Å². The van der Waals surface area contributed by atoms with E-state index in [2.05, 4.69) is 15.1 Å². The number of fused-ring (bicyclic) bond motifs is 1. The van der Waals surface area contributed by atoms with Crippen LogP contribution in [-0.2, 0) is 0 Å². The van der Waals surface area contributed by atoms with Gasteiger partial charge in [0.25, 0.3) is 0 Å². The first-order chi connectivity index (χ1) is 9.38. The van der Waals surface area contributed by atoms with Crippen LogP contribution in [0, 0.1) is 0 Å². The molecular weight excluding hydrogens is 267 g/mol. The van der Waals surface area contributed by atoms with Gasteiger partial charge < -0.3 is 15.1 Å². The van der Waals surface area contributed by atoms with Gasteiger partial charge in [-0.25, -0.2) is 0 Å². The van der Waals surface area contributed by atoms with Crippen LogP contribution in [0.15, 0.2) is 24.3 Å². The van der Waals surface area contributed by atoms with Crippen molar-refractivity contribution in [2.24, 2.45) is 0 Å². The highest BCUT2D eigenvalue weighted by Gasteiger charge is 2.28. The number of likely N-dealkylation sites (N-methyl/N-ethyl adjacent to an activating group) is 1. The molecule has 0 amide bonds. The molecule has 2 rings (SSSR count). The smallest absolute Gasteiger partial charge is 0.371 e. The Morgan fingerprint density at radius 1 is 1.20 bits per heavy atom. The fourth-order valence-electron chi connectivity index (χ4n) is 2.52. The molecule has 0 fully saturated rings. The summed E-state index contributed by atoms with van der Waals surface area (Å²) in [4.78, 5) is 4.33. The Kier molecular flexibility index (Phi) is 4.42. The van der Waals surface area contributed by atoms with Crippen molar-refractivity contribution >= 4 is 11.4 Å². The van der Waals surface area contributed by atoms with Gasteiger partial charge in [-0.3, -0.25) is 0 Å². The minimum Gasteiger partial charge on any atom is -0.371 e. The van der Waals surface area contributed by atoms with Gasteiger partial charge in [0.1, 0.15) is 0 Å². The lowest BCUT2D eigenvalue weighted by Crippen LogP contribution is -2.48. The van der Waals surface area contributed by atoms with E-state index in [0.29, 0.717) is 6.54 Å². The van der Waals surface area contributed by atoms with Crippen molar-refractivity contribution < 1.29 is 13.2 Å². The lowest BCUT2D eigenvalue weighted by Gasteiger charge is -2.40. The summed E-state index contributed by atoms with van der Waals surface area (Å²) in [7, 11) is 2.03. The maximum Gasteiger partial charge on any atom is 0.401 e. The lowest BCUT2D eigenvalue weighted by atomic mass is 10.1. The van der Waals surface area contributed by atoms with Crippen LogP contribution in [0.4, 0.5) is 24.5 Å². The maximum atomic E-state index is 12.2. The molecule has 0 bridgehead atoms. The van der Waals surface area contributed by atoms with E-state index in [-0.39, 0.29) is 6.04 Å². The fourth-order valence-corrected chi connectivity index (χ4v) is 2.52. The number of halogens is 3. The highest BCUT2D eigenvalue weighted by atomic mass is 19.4. The zero-order valence-corrected chi connectivity index (χ0v) is 11.7. The first kappa shape index (κ1) is 15.0. The number of nitrogens with zero attached hydrogens (tertiary/aromatic N) is 2. The molecule has 6 heteroatoms. The van der Waals surface area contributed by atoms with Crippen molar-refractivity contribution in [2.45, 2.75) is 19.1 Å². The molecule has 20 heavy (non-hydrogen) atoms. The topological polar surface area (TPSA) is 18.5 Å². The second kappa shape index (κ2) is 5.91. The standard InChI is InChI=1S/C14H20F3N3/c1-11(9-18-10-14(15,16)17)20-8-7-19(2)12-5-3-4-6-13(12)20/h3-6,11,18H,7-10H2,1-2H3. The molecule has 1 aliphatic rings. The van der Waals surface area contributed by atoms with Crippen LogP contribution >= 0.6 is 0 Å². The van der Waals surface area contributed by atoms with Gasteiger partial charge in [0.15, 0.2) is 0 Å². The maximum absolute atomic E-state index is 12.2. The quantitative estimate of drug-likeness (QED) is 0.918. The number of hydrogen-bond donors (Lipinski definition) is 1. The molecule has 0 aromatic heterocycles. The van der Waals surface area contributed by atoms with Crippen LogP contribution < -0.4 is 15.1 Å². The van der Waals surface area contributed by atoms with E-state index >= 15 is 0 Å². The lowest BCUT2D eigenvalue weighted by molar-refractivity contribution is -0.124. The molecule has 1 heterocycles. The van der Waals surface area contributed by atoms with E-state index in [1.165, 1.54) is 0 Å². The molecule has 1 aliphatic heterocycles. The van der Waals surface area contributed by atoms with Crippen LogP contribution in [0.2, 0.25) is 0 Å². The van der Waals surface area contributed by atoms with Crippen molar-refractivity contribution in [3.05, 3.63) is 24.3 Å². The van der Waals surface area contributed by atoms with E-state index in [1.807, 2.05) is 38.2 Å². The zero-order valence-electron chi connectivity index (χ0n) is 11.7. The van der Waals surface area contributed by atoms with E-state index in [1.54, 1.807) is 0 Å². The number of anilines is 2. The summed E-state index contributed by atoms with van der Waals surface area (Å²) >= 11 is 0. The summed E-state index contributed by atoms with van der Waals surface area (Å²) in [6.45, 7) is 3.03.